The summed E-state index contributed by atoms with van der Waals surface area (Å²) < 4.78 is 5.11. The van der Waals surface area contributed by atoms with Gasteiger partial charge in [-0.25, -0.2) is 0 Å². The zero-order valence-corrected chi connectivity index (χ0v) is 9.73. The van der Waals surface area contributed by atoms with Crippen LogP contribution in [0.15, 0.2) is 24.3 Å². The van der Waals surface area contributed by atoms with Gasteiger partial charge in [0.25, 0.3) is 0 Å². The van der Waals surface area contributed by atoms with Gasteiger partial charge in [-0.2, -0.15) is 0 Å². The summed E-state index contributed by atoms with van der Waals surface area (Å²) in [6.07, 6.45) is 0. The first kappa shape index (κ1) is 12.0. The Labute approximate surface area is 91.8 Å². The van der Waals surface area contributed by atoms with E-state index in [0.29, 0.717) is 12.6 Å². The maximum Gasteiger partial charge on any atom is 0.118 e. The van der Waals surface area contributed by atoms with E-state index in [1.807, 2.05) is 12.1 Å². The topological polar surface area (TPSA) is 38.5 Å². The third-order valence-corrected chi connectivity index (χ3v) is 2.68. The molecule has 1 unspecified atom stereocenters. The van der Waals surface area contributed by atoms with Crippen molar-refractivity contribution in [1.29, 1.82) is 0 Å². The molecule has 15 heavy (non-hydrogen) atoms. The molecule has 0 heterocycles. The van der Waals surface area contributed by atoms with Crippen LogP contribution < -0.4 is 10.5 Å². The molecule has 2 N–H and O–H groups in total. The van der Waals surface area contributed by atoms with Gasteiger partial charge in [-0.3, -0.25) is 4.90 Å². The van der Waals surface area contributed by atoms with Crippen molar-refractivity contribution in [3.05, 3.63) is 29.8 Å². The highest BCUT2D eigenvalue weighted by molar-refractivity contribution is 5.27. The molecule has 1 rings (SSSR count). The van der Waals surface area contributed by atoms with E-state index in [4.69, 9.17) is 10.5 Å². The van der Waals surface area contributed by atoms with Crippen LogP contribution in [-0.4, -0.2) is 31.6 Å². The Hall–Kier alpha value is -1.06. The van der Waals surface area contributed by atoms with Gasteiger partial charge in [-0.1, -0.05) is 12.1 Å². The van der Waals surface area contributed by atoms with Crippen molar-refractivity contribution < 1.29 is 4.74 Å². The smallest absolute Gasteiger partial charge is 0.118 e. The number of benzene rings is 1. The predicted octanol–water partition coefficient (Wildman–Crippen LogP) is 1.47. The summed E-state index contributed by atoms with van der Waals surface area (Å²) in [7, 11) is 3.76. The maximum absolute atomic E-state index is 5.61. The SMILES string of the molecule is COc1ccc(CN(C)C(C)CN)cc1. The molecule has 0 aromatic heterocycles. The molecule has 0 bridgehead atoms. The second-order valence-electron chi connectivity index (χ2n) is 3.85. The van der Waals surface area contributed by atoms with Crippen LogP contribution in [0.3, 0.4) is 0 Å². The van der Waals surface area contributed by atoms with Crippen LogP contribution in [0.4, 0.5) is 0 Å². The molecule has 1 atom stereocenters. The first-order valence-electron chi connectivity index (χ1n) is 5.20. The Kier molecular flexibility index (Phi) is 4.59. The van der Waals surface area contributed by atoms with Gasteiger partial charge >= 0.3 is 0 Å². The highest BCUT2D eigenvalue weighted by atomic mass is 16.5. The highest BCUT2D eigenvalue weighted by Crippen LogP contribution is 2.13. The standard InChI is InChI=1S/C12H20N2O/c1-10(8-13)14(2)9-11-4-6-12(15-3)7-5-11/h4-7,10H,8-9,13H2,1-3H3. The molecule has 0 aliphatic rings. The highest BCUT2D eigenvalue weighted by Gasteiger charge is 2.07. The first-order valence-corrected chi connectivity index (χ1v) is 5.20. The van der Waals surface area contributed by atoms with Gasteiger partial charge in [0.05, 0.1) is 7.11 Å². The Morgan fingerprint density at radius 1 is 1.33 bits per heavy atom. The molecule has 3 nitrogen and oxygen atoms in total. The average Bonchev–Trinajstić information content (AvgIpc) is 2.29. The molecular weight excluding hydrogens is 188 g/mol. The van der Waals surface area contributed by atoms with E-state index in [9.17, 15) is 0 Å². The molecule has 0 amide bonds. The van der Waals surface area contributed by atoms with Crippen LogP contribution in [0.2, 0.25) is 0 Å². The molecule has 0 fully saturated rings. The van der Waals surface area contributed by atoms with Crippen molar-refractivity contribution in [2.24, 2.45) is 5.73 Å². The summed E-state index contributed by atoms with van der Waals surface area (Å²) >= 11 is 0. The lowest BCUT2D eigenvalue weighted by Gasteiger charge is -2.23. The fraction of sp³-hybridized carbons (Fsp3) is 0.500. The zero-order chi connectivity index (χ0) is 11.3. The van der Waals surface area contributed by atoms with Gasteiger partial charge in [0.1, 0.15) is 5.75 Å². The number of methoxy groups -OCH3 is 1. The normalized spacial score (nSPS) is 12.9. The summed E-state index contributed by atoms with van der Waals surface area (Å²) in [5.74, 6) is 0.897. The molecule has 0 aliphatic heterocycles. The van der Waals surface area contributed by atoms with E-state index in [1.165, 1.54) is 5.56 Å². The summed E-state index contributed by atoms with van der Waals surface area (Å²) in [6, 6.07) is 8.54. The summed E-state index contributed by atoms with van der Waals surface area (Å²) in [5.41, 5.74) is 6.89. The maximum atomic E-state index is 5.61. The van der Waals surface area contributed by atoms with Crippen molar-refractivity contribution in [2.75, 3.05) is 20.7 Å². The Morgan fingerprint density at radius 2 is 1.93 bits per heavy atom. The second kappa shape index (κ2) is 5.73. The van der Waals surface area contributed by atoms with Gasteiger partial charge in [-0.05, 0) is 31.7 Å². The number of nitrogens with two attached hydrogens (primary N) is 1. The Morgan fingerprint density at radius 3 is 2.40 bits per heavy atom. The minimum atomic E-state index is 0.409. The summed E-state index contributed by atoms with van der Waals surface area (Å²) in [4.78, 5) is 2.24. The number of nitrogens with zero attached hydrogens (tertiary/aromatic N) is 1. The molecule has 0 spiro atoms. The minimum absolute atomic E-state index is 0.409. The van der Waals surface area contributed by atoms with Gasteiger partial charge < -0.3 is 10.5 Å². The Bertz CT molecular complexity index is 284. The molecule has 1 aromatic rings. The van der Waals surface area contributed by atoms with Crippen molar-refractivity contribution in [1.82, 2.24) is 4.90 Å². The molecular formula is C12H20N2O. The number of likely N-dealkylation sites (N-methyl/N-ethyl adjacent to an activating group) is 1. The molecule has 3 heteroatoms. The first-order chi connectivity index (χ1) is 7.17. The van der Waals surface area contributed by atoms with Crippen molar-refractivity contribution in [2.45, 2.75) is 19.5 Å². The minimum Gasteiger partial charge on any atom is -0.497 e. The second-order valence-corrected chi connectivity index (χ2v) is 3.85. The van der Waals surface area contributed by atoms with Gasteiger partial charge in [-0.15, -0.1) is 0 Å². The van der Waals surface area contributed by atoms with Crippen LogP contribution >= 0.6 is 0 Å². The van der Waals surface area contributed by atoms with Crippen molar-refractivity contribution >= 4 is 0 Å². The zero-order valence-electron chi connectivity index (χ0n) is 9.73. The molecule has 0 saturated heterocycles. The fourth-order valence-electron chi connectivity index (χ4n) is 1.35. The largest absolute Gasteiger partial charge is 0.497 e. The number of hydrogen-bond acceptors (Lipinski definition) is 3. The van der Waals surface area contributed by atoms with Crippen LogP contribution in [0.1, 0.15) is 12.5 Å². The lowest BCUT2D eigenvalue weighted by Crippen LogP contribution is -2.34. The molecule has 0 saturated carbocycles. The van der Waals surface area contributed by atoms with E-state index in [0.717, 1.165) is 12.3 Å². The van der Waals surface area contributed by atoms with Crippen LogP contribution in [-0.2, 0) is 6.54 Å². The quantitative estimate of drug-likeness (QED) is 0.796. The Balaban J connectivity index is 2.57. The molecule has 1 aromatic carbocycles. The third kappa shape index (κ3) is 3.53. The number of rotatable bonds is 5. The van der Waals surface area contributed by atoms with Crippen molar-refractivity contribution in [3.63, 3.8) is 0 Å². The summed E-state index contributed by atoms with van der Waals surface area (Å²) in [6.45, 7) is 3.73. The third-order valence-electron chi connectivity index (χ3n) is 2.68. The van der Waals surface area contributed by atoms with Crippen LogP contribution in [0.5, 0.6) is 5.75 Å². The van der Waals surface area contributed by atoms with E-state index in [2.05, 4.69) is 31.0 Å². The van der Waals surface area contributed by atoms with Gasteiger partial charge in [0.2, 0.25) is 0 Å². The lowest BCUT2D eigenvalue weighted by molar-refractivity contribution is 0.254. The van der Waals surface area contributed by atoms with Crippen molar-refractivity contribution in [3.8, 4) is 5.75 Å². The van der Waals surface area contributed by atoms with Gasteiger partial charge in [0.15, 0.2) is 0 Å². The number of hydrogen-bond donors (Lipinski definition) is 1. The average molecular weight is 208 g/mol. The molecule has 0 aliphatic carbocycles. The van der Waals surface area contributed by atoms with E-state index in [-0.39, 0.29) is 0 Å². The van der Waals surface area contributed by atoms with Gasteiger partial charge in [0, 0.05) is 19.1 Å². The fourth-order valence-corrected chi connectivity index (χ4v) is 1.35. The monoisotopic (exact) mass is 208 g/mol. The van der Waals surface area contributed by atoms with E-state index >= 15 is 0 Å². The predicted molar refractivity (Wildman–Crippen MR) is 63.0 cm³/mol. The summed E-state index contributed by atoms with van der Waals surface area (Å²) in [5, 5.41) is 0. The number of ether oxygens (including phenoxy) is 1. The lowest BCUT2D eigenvalue weighted by atomic mass is 10.2. The van der Waals surface area contributed by atoms with Crippen LogP contribution in [0.25, 0.3) is 0 Å². The molecule has 84 valence electrons. The van der Waals surface area contributed by atoms with E-state index < -0.39 is 0 Å². The molecule has 0 radical (unpaired) electrons. The van der Waals surface area contributed by atoms with Crippen LogP contribution in [0, 0.1) is 0 Å². The van der Waals surface area contributed by atoms with E-state index in [1.54, 1.807) is 7.11 Å².